The number of hydrogen-bond acceptors (Lipinski definition) is 4. The number of rotatable bonds is 2. The highest BCUT2D eigenvalue weighted by molar-refractivity contribution is 5.79. The van der Waals surface area contributed by atoms with Gasteiger partial charge in [0.05, 0.1) is 17.3 Å². The minimum atomic E-state index is -0.439. The molecule has 0 aliphatic carbocycles. The zero-order valence-corrected chi connectivity index (χ0v) is 13.0. The number of para-hydroxylation sites is 2. The number of benzene rings is 2. The van der Waals surface area contributed by atoms with Crippen molar-refractivity contribution < 1.29 is 4.42 Å². The zero-order chi connectivity index (χ0) is 16.7. The lowest BCUT2D eigenvalue weighted by Crippen LogP contribution is -2.15. The van der Waals surface area contributed by atoms with E-state index in [9.17, 15) is 9.59 Å². The Morgan fingerprint density at radius 1 is 1.00 bits per heavy atom. The lowest BCUT2D eigenvalue weighted by molar-refractivity contribution is 0.453. The summed E-state index contributed by atoms with van der Waals surface area (Å²) >= 11 is 0. The highest BCUT2D eigenvalue weighted by Crippen LogP contribution is 2.14. The van der Waals surface area contributed by atoms with Crippen LogP contribution in [0.5, 0.6) is 0 Å². The van der Waals surface area contributed by atoms with E-state index >= 15 is 0 Å². The van der Waals surface area contributed by atoms with E-state index in [0.29, 0.717) is 21.9 Å². The van der Waals surface area contributed by atoms with E-state index in [-0.39, 0.29) is 17.7 Å². The third-order valence-electron chi connectivity index (χ3n) is 4.13. The molecule has 0 spiro atoms. The zero-order valence-electron chi connectivity index (χ0n) is 13.0. The molecule has 0 radical (unpaired) electrons. The Hall–Kier alpha value is -3.21. The van der Waals surface area contributed by atoms with E-state index in [0.717, 1.165) is 11.2 Å². The Morgan fingerprint density at radius 2 is 1.71 bits per heavy atom. The highest BCUT2D eigenvalue weighted by atomic mass is 16.4. The monoisotopic (exact) mass is 318 g/mol. The minimum Gasteiger partial charge on any atom is -0.408 e. The average molecular weight is 318 g/mol. The van der Waals surface area contributed by atoms with Crippen molar-refractivity contribution in [2.75, 3.05) is 0 Å². The van der Waals surface area contributed by atoms with Crippen LogP contribution in [0.3, 0.4) is 0 Å². The number of fused-ring (bicyclic) bond motifs is 2. The molecule has 2 aromatic heterocycles. The third kappa shape index (κ3) is 2.31. The molecule has 0 amide bonds. The fourth-order valence-corrected chi connectivity index (χ4v) is 2.90. The second kappa shape index (κ2) is 5.45. The number of H-pyrrole nitrogens is 1. The molecule has 0 saturated carbocycles. The van der Waals surface area contributed by atoms with Crippen LogP contribution in [-0.2, 0) is 6.42 Å². The second-order valence-corrected chi connectivity index (χ2v) is 5.69. The summed E-state index contributed by atoms with van der Waals surface area (Å²) in [5.74, 6) is 0.239. The molecule has 5 nitrogen and oxygen atoms in total. The predicted molar refractivity (Wildman–Crippen MR) is 92.4 cm³/mol. The van der Waals surface area contributed by atoms with Crippen LogP contribution in [0.4, 0.5) is 0 Å². The summed E-state index contributed by atoms with van der Waals surface area (Å²) < 4.78 is 5.30. The van der Waals surface area contributed by atoms with Crippen molar-refractivity contribution in [1.82, 2.24) is 9.97 Å². The Labute approximate surface area is 136 Å². The predicted octanol–water partition coefficient (Wildman–Crippen LogP) is 2.93. The van der Waals surface area contributed by atoms with Gasteiger partial charge in [0.15, 0.2) is 5.43 Å². The largest absolute Gasteiger partial charge is 0.408 e. The maximum absolute atomic E-state index is 12.7. The van der Waals surface area contributed by atoms with E-state index in [4.69, 9.17) is 4.42 Å². The van der Waals surface area contributed by atoms with Crippen molar-refractivity contribution in [1.29, 1.82) is 0 Å². The van der Waals surface area contributed by atoms with Crippen molar-refractivity contribution >= 4 is 21.8 Å². The molecule has 2 aromatic carbocycles. The molecule has 24 heavy (non-hydrogen) atoms. The summed E-state index contributed by atoms with van der Waals surface area (Å²) in [4.78, 5) is 32.4. The van der Waals surface area contributed by atoms with E-state index in [1.54, 1.807) is 24.3 Å². The number of nitrogens with zero attached hydrogens (tertiary/aromatic N) is 1. The van der Waals surface area contributed by atoms with Crippen LogP contribution in [0.15, 0.2) is 62.5 Å². The first-order valence-electron chi connectivity index (χ1n) is 7.63. The van der Waals surface area contributed by atoms with Gasteiger partial charge in [-0.15, -0.1) is 0 Å². The molecule has 4 aromatic rings. The number of pyridine rings is 1. The summed E-state index contributed by atoms with van der Waals surface area (Å²) in [6, 6.07) is 14.3. The smallest absolute Gasteiger partial charge is 0.346 e. The summed E-state index contributed by atoms with van der Waals surface area (Å²) in [6.07, 6.45) is 0.173. The quantitative estimate of drug-likeness (QED) is 0.616. The molecular weight excluding hydrogens is 304 g/mol. The molecular formula is C19H14N2O3. The lowest BCUT2D eigenvalue weighted by Gasteiger charge is -2.07. The number of aromatic nitrogens is 2. The Balaban J connectivity index is 1.88. The van der Waals surface area contributed by atoms with Crippen molar-refractivity contribution in [2.24, 2.45) is 0 Å². The fraction of sp³-hybridized carbons (Fsp3) is 0.105. The maximum atomic E-state index is 12.7. The molecule has 0 saturated heterocycles. The summed E-state index contributed by atoms with van der Waals surface area (Å²) in [7, 11) is 0. The molecule has 0 aliphatic heterocycles. The maximum Gasteiger partial charge on any atom is 0.346 e. The summed E-state index contributed by atoms with van der Waals surface area (Å²) in [6.45, 7) is 1.84. The van der Waals surface area contributed by atoms with Crippen molar-refractivity contribution in [3.05, 3.63) is 86.3 Å². The number of aryl methyl sites for hydroxylation is 1. The molecule has 4 rings (SSSR count). The van der Waals surface area contributed by atoms with Gasteiger partial charge in [-0.25, -0.2) is 9.78 Å². The lowest BCUT2D eigenvalue weighted by atomic mass is 10.1. The van der Waals surface area contributed by atoms with Gasteiger partial charge in [-0.3, -0.25) is 4.79 Å². The van der Waals surface area contributed by atoms with Gasteiger partial charge in [0, 0.05) is 22.2 Å². The first kappa shape index (κ1) is 14.4. The SMILES string of the molecule is Cc1[nH]c2ccccc2c(=O)c1Cc1nc2ccccc2c(=O)o1. The van der Waals surface area contributed by atoms with Crippen molar-refractivity contribution in [2.45, 2.75) is 13.3 Å². The van der Waals surface area contributed by atoms with Crippen LogP contribution in [0.2, 0.25) is 0 Å². The number of aromatic amines is 1. The molecule has 118 valence electrons. The van der Waals surface area contributed by atoms with E-state index < -0.39 is 5.63 Å². The van der Waals surface area contributed by atoms with Crippen LogP contribution < -0.4 is 11.1 Å². The average Bonchev–Trinajstić information content (AvgIpc) is 2.59. The third-order valence-corrected chi connectivity index (χ3v) is 4.13. The van der Waals surface area contributed by atoms with Gasteiger partial charge in [-0.1, -0.05) is 24.3 Å². The highest BCUT2D eigenvalue weighted by Gasteiger charge is 2.13. The molecule has 0 fully saturated rings. The van der Waals surface area contributed by atoms with Gasteiger partial charge in [-0.2, -0.15) is 0 Å². The van der Waals surface area contributed by atoms with E-state index in [1.165, 1.54) is 0 Å². The molecule has 0 unspecified atom stereocenters. The Morgan fingerprint density at radius 3 is 2.54 bits per heavy atom. The molecule has 0 aliphatic rings. The molecule has 0 bridgehead atoms. The van der Waals surface area contributed by atoms with Gasteiger partial charge < -0.3 is 9.40 Å². The van der Waals surface area contributed by atoms with Crippen LogP contribution >= 0.6 is 0 Å². The molecule has 1 N–H and O–H groups in total. The van der Waals surface area contributed by atoms with Crippen molar-refractivity contribution in [3.8, 4) is 0 Å². The summed E-state index contributed by atoms with van der Waals surface area (Å²) in [5.41, 5.74) is 2.15. The molecule has 2 heterocycles. The van der Waals surface area contributed by atoms with Gasteiger partial charge in [0.1, 0.15) is 0 Å². The van der Waals surface area contributed by atoms with Gasteiger partial charge in [-0.05, 0) is 31.2 Å². The Kier molecular flexibility index (Phi) is 3.27. The normalized spacial score (nSPS) is 11.2. The standard InChI is InChI=1S/C19H14N2O3/c1-11-14(18(22)12-6-2-4-8-15(12)20-11)10-17-21-16-9-5-3-7-13(16)19(23)24-17/h2-9H,10H2,1H3,(H,20,22). The van der Waals surface area contributed by atoms with Crippen molar-refractivity contribution in [3.63, 3.8) is 0 Å². The minimum absolute atomic E-state index is 0.0699. The van der Waals surface area contributed by atoms with Crippen LogP contribution in [-0.4, -0.2) is 9.97 Å². The fourth-order valence-electron chi connectivity index (χ4n) is 2.90. The summed E-state index contributed by atoms with van der Waals surface area (Å²) in [5, 5.41) is 1.05. The number of nitrogens with one attached hydrogen (secondary N) is 1. The topological polar surface area (TPSA) is 76.0 Å². The Bertz CT molecular complexity index is 1190. The van der Waals surface area contributed by atoms with E-state index in [1.807, 2.05) is 31.2 Å². The van der Waals surface area contributed by atoms with E-state index in [2.05, 4.69) is 9.97 Å². The van der Waals surface area contributed by atoms with Crippen LogP contribution in [0.25, 0.3) is 21.8 Å². The second-order valence-electron chi connectivity index (χ2n) is 5.69. The first-order chi connectivity index (χ1) is 11.6. The van der Waals surface area contributed by atoms with Gasteiger partial charge in [0.25, 0.3) is 0 Å². The first-order valence-corrected chi connectivity index (χ1v) is 7.63. The number of hydrogen-bond donors (Lipinski definition) is 1. The van der Waals surface area contributed by atoms with Gasteiger partial charge >= 0.3 is 5.63 Å². The van der Waals surface area contributed by atoms with Gasteiger partial charge in [0.2, 0.25) is 5.89 Å². The van der Waals surface area contributed by atoms with Crippen LogP contribution in [0, 0.1) is 6.92 Å². The molecule has 5 heteroatoms. The van der Waals surface area contributed by atoms with Crippen LogP contribution in [0.1, 0.15) is 17.1 Å². The molecule has 0 atom stereocenters.